The van der Waals surface area contributed by atoms with Gasteiger partial charge in [-0.2, -0.15) is 0 Å². The van der Waals surface area contributed by atoms with E-state index in [1.807, 2.05) is 0 Å². The van der Waals surface area contributed by atoms with Gasteiger partial charge in [-0.25, -0.2) is 0 Å². The zero-order chi connectivity index (χ0) is 11.3. The van der Waals surface area contributed by atoms with Gasteiger partial charge in [0.05, 0.1) is 0 Å². The lowest BCUT2D eigenvalue weighted by atomic mass is 9.53. The number of hydrogen-bond donors (Lipinski definition) is 1. The normalized spacial score (nSPS) is 37.1. The number of piperidine rings is 1. The standard InChI is InChI=1S/C16H21N.ClH/c1-2-6-13-12(5-1)11-15-14-7-3-4-8-16(13,14)9-10-17-15;/h1-2,5-6,14-15,17H,3-4,7-11H2;1H/t14-,15-,16+;/m1./s1. The van der Waals surface area contributed by atoms with Gasteiger partial charge in [-0.3, -0.25) is 0 Å². The minimum absolute atomic E-state index is 0. The molecule has 2 heteroatoms. The second kappa shape index (κ2) is 4.54. The van der Waals surface area contributed by atoms with Gasteiger partial charge in [0.2, 0.25) is 0 Å². The van der Waals surface area contributed by atoms with Crippen LogP contribution in [0.5, 0.6) is 0 Å². The van der Waals surface area contributed by atoms with Crippen molar-refractivity contribution >= 4 is 12.4 Å². The topological polar surface area (TPSA) is 12.0 Å². The monoisotopic (exact) mass is 263 g/mol. The van der Waals surface area contributed by atoms with Crippen LogP contribution in [-0.4, -0.2) is 12.6 Å². The van der Waals surface area contributed by atoms with Crippen LogP contribution < -0.4 is 5.32 Å². The quantitative estimate of drug-likeness (QED) is 0.756. The Balaban J connectivity index is 0.000001000. The lowest BCUT2D eigenvalue weighted by molar-refractivity contribution is 0.0798. The van der Waals surface area contributed by atoms with Crippen LogP contribution >= 0.6 is 12.4 Å². The first-order valence-corrected chi connectivity index (χ1v) is 7.22. The Hall–Kier alpha value is -0.530. The fourth-order valence-electron chi connectivity index (χ4n) is 4.89. The molecule has 2 bridgehead atoms. The van der Waals surface area contributed by atoms with E-state index in [1.165, 1.54) is 45.1 Å². The Morgan fingerprint density at radius 2 is 2.00 bits per heavy atom. The Labute approximate surface area is 116 Å². The number of rotatable bonds is 0. The van der Waals surface area contributed by atoms with E-state index in [-0.39, 0.29) is 12.4 Å². The maximum Gasteiger partial charge on any atom is 0.0144 e. The van der Waals surface area contributed by atoms with Crippen LogP contribution in [0.2, 0.25) is 0 Å². The molecule has 0 radical (unpaired) electrons. The van der Waals surface area contributed by atoms with Crippen LogP contribution in [-0.2, 0) is 11.8 Å². The summed E-state index contributed by atoms with van der Waals surface area (Å²) in [5, 5.41) is 3.79. The van der Waals surface area contributed by atoms with Gasteiger partial charge in [-0.15, -0.1) is 12.4 Å². The fraction of sp³-hybridized carbons (Fsp3) is 0.625. The zero-order valence-corrected chi connectivity index (χ0v) is 11.6. The van der Waals surface area contributed by atoms with Gasteiger partial charge in [0.25, 0.3) is 0 Å². The second-order valence-electron chi connectivity index (χ2n) is 6.18. The van der Waals surface area contributed by atoms with E-state index in [0.717, 1.165) is 12.0 Å². The van der Waals surface area contributed by atoms with Crippen LogP contribution in [0.25, 0.3) is 0 Å². The number of nitrogens with one attached hydrogen (secondary N) is 1. The van der Waals surface area contributed by atoms with E-state index in [9.17, 15) is 0 Å². The Bertz CT molecular complexity index is 440. The minimum Gasteiger partial charge on any atom is -0.313 e. The van der Waals surface area contributed by atoms with Crippen molar-refractivity contribution in [1.29, 1.82) is 0 Å². The maximum absolute atomic E-state index is 3.79. The van der Waals surface area contributed by atoms with Crippen molar-refractivity contribution in [2.24, 2.45) is 5.92 Å². The molecule has 1 heterocycles. The molecule has 2 aliphatic carbocycles. The molecule has 2 fully saturated rings. The molecular weight excluding hydrogens is 242 g/mol. The van der Waals surface area contributed by atoms with E-state index in [2.05, 4.69) is 29.6 Å². The van der Waals surface area contributed by atoms with E-state index < -0.39 is 0 Å². The second-order valence-corrected chi connectivity index (χ2v) is 6.18. The molecule has 0 spiro atoms. The number of benzene rings is 1. The number of fused-ring (bicyclic) bond motifs is 1. The third kappa shape index (κ3) is 1.57. The van der Waals surface area contributed by atoms with Gasteiger partial charge in [-0.05, 0) is 49.3 Å². The van der Waals surface area contributed by atoms with E-state index in [0.29, 0.717) is 5.41 Å². The summed E-state index contributed by atoms with van der Waals surface area (Å²) in [5.74, 6) is 0.917. The number of halogens is 1. The fourth-order valence-corrected chi connectivity index (χ4v) is 4.89. The first kappa shape index (κ1) is 12.5. The molecule has 0 unspecified atom stereocenters. The summed E-state index contributed by atoms with van der Waals surface area (Å²) in [5.41, 5.74) is 3.88. The maximum atomic E-state index is 3.79. The minimum atomic E-state index is 0. The van der Waals surface area contributed by atoms with Crippen molar-refractivity contribution < 1.29 is 0 Å². The average molecular weight is 264 g/mol. The highest BCUT2D eigenvalue weighted by Crippen LogP contribution is 2.53. The van der Waals surface area contributed by atoms with E-state index in [1.54, 1.807) is 11.1 Å². The molecule has 18 heavy (non-hydrogen) atoms. The molecule has 98 valence electrons. The molecular formula is C16H22ClN. The van der Waals surface area contributed by atoms with Crippen LogP contribution in [0, 0.1) is 5.92 Å². The summed E-state index contributed by atoms with van der Waals surface area (Å²) in [6, 6.07) is 10.0. The summed E-state index contributed by atoms with van der Waals surface area (Å²) in [6.45, 7) is 1.23. The molecule has 1 saturated carbocycles. The molecule has 3 atom stereocenters. The first-order chi connectivity index (χ1) is 8.40. The van der Waals surface area contributed by atoms with Gasteiger partial charge < -0.3 is 5.32 Å². The van der Waals surface area contributed by atoms with Gasteiger partial charge in [0.15, 0.2) is 0 Å². The molecule has 1 aromatic rings. The molecule has 1 aliphatic heterocycles. The van der Waals surface area contributed by atoms with Gasteiger partial charge >= 0.3 is 0 Å². The Morgan fingerprint density at radius 1 is 1.11 bits per heavy atom. The highest BCUT2D eigenvalue weighted by molar-refractivity contribution is 5.85. The third-order valence-electron chi connectivity index (χ3n) is 5.55. The summed E-state index contributed by atoms with van der Waals surface area (Å²) in [7, 11) is 0. The van der Waals surface area contributed by atoms with Crippen molar-refractivity contribution in [2.75, 3.05) is 6.54 Å². The van der Waals surface area contributed by atoms with Crippen LogP contribution in [0.1, 0.15) is 43.2 Å². The predicted molar refractivity (Wildman–Crippen MR) is 77.4 cm³/mol. The predicted octanol–water partition coefficient (Wildman–Crippen LogP) is 3.45. The lowest BCUT2D eigenvalue weighted by Gasteiger charge is -2.56. The Morgan fingerprint density at radius 3 is 2.94 bits per heavy atom. The van der Waals surface area contributed by atoms with Crippen molar-refractivity contribution in [2.45, 2.75) is 50.0 Å². The molecule has 1 saturated heterocycles. The summed E-state index contributed by atoms with van der Waals surface area (Å²) in [4.78, 5) is 0. The van der Waals surface area contributed by atoms with E-state index in [4.69, 9.17) is 0 Å². The van der Waals surface area contributed by atoms with Gasteiger partial charge in [0.1, 0.15) is 0 Å². The first-order valence-electron chi connectivity index (χ1n) is 7.22. The van der Waals surface area contributed by atoms with Crippen LogP contribution in [0.3, 0.4) is 0 Å². The van der Waals surface area contributed by atoms with Crippen LogP contribution in [0.15, 0.2) is 24.3 Å². The lowest BCUT2D eigenvalue weighted by Crippen LogP contribution is -2.59. The smallest absolute Gasteiger partial charge is 0.0144 e. The SMILES string of the molecule is Cl.c1ccc2c(c1)C[C@H]1NCC[C@@]23CCCC[C@H]13. The number of hydrogen-bond acceptors (Lipinski definition) is 1. The summed E-state index contributed by atoms with van der Waals surface area (Å²) < 4.78 is 0. The molecule has 3 aliphatic rings. The van der Waals surface area contributed by atoms with Gasteiger partial charge in [0, 0.05) is 11.5 Å². The summed E-state index contributed by atoms with van der Waals surface area (Å²) in [6.07, 6.45) is 8.41. The molecule has 1 aromatic carbocycles. The van der Waals surface area contributed by atoms with Crippen molar-refractivity contribution in [3.8, 4) is 0 Å². The molecule has 1 nitrogen and oxygen atoms in total. The Kier molecular flexibility index (Phi) is 3.15. The zero-order valence-electron chi connectivity index (χ0n) is 10.8. The largest absolute Gasteiger partial charge is 0.313 e. The average Bonchev–Trinajstić information content (AvgIpc) is 2.39. The molecule has 0 aromatic heterocycles. The van der Waals surface area contributed by atoms with Gasteiger partial charge in [-0.1, -0.05) is 37.1 Å². The van der Waals surface area contributed by atoms with Crippen molar-refractivity contribution in [1.82, 2.24) is 5.32 Å². The molecule has 0 amide bonds. The highest BCUT2D eigenvalue weighted by Gasteiger charge is 2.51. The summed E-state index contributed by atoms with van der Waals surface area (Å²) >= 11 is 0. The molecule has 4 rings (SSSR count). The van der Waals surface area contributed by atoms with Crippen LogP contribution in [0.4, 0.5) is 0 Å². The highest BCUT2D eigenvalue weighted by atomic mass is 35.5. The van der Waals surface area contributed by atoms with E-state index >= 15 is 0 Å². The van der Waals surface area contributed by atoms with Crippen molar-refractivity contribution in [3.63, 3.8) is 0 Å². The molecule has 1 N–H and O–H groups in total. The third-order valence-corrected chi connectivity index (χ3v) is 5.55. The van der Waals surface area contributed by atoms with Crippen molar-refractivity contribution in [3.05, 3.63) is 35.4 Å².